The number of ether oxygens (including phenoxy) is 3. The van der Waals surface area contributed by atoms with E-state index < -0.39 is 5.91 Å². The molecule has 4 N–H and O–H groups in total. The van der Waals surface area contributed by atoms with Crippen LogP contribution in [0.3, 0.4) is 0 Å². The molecule has 7 heteroatoms. The molecule has 18 heavy (non-hydrogen) atoms. The Bertz CT molecular complexity index is 361. The number of nitrogen functional groups attached to an aromatic ring is 2. The van der Waals surface area contributed by atoms with Crippen molar-refractivity contribution < 1.29 is 14.2 Å². The maximum absolute atomic E-state index is 5.88. The molecule has 0 saturated carbocycles. The normalized spacial score (nSPS) is 11.9. The van der Waals surface area contributed by atoms with Gasteiger partial charge in [-0.1, -0.05) is 0 Å². The molecular weight excluding hydrogens is 236 g/mol. The first-order chi connectivity index (χ1) is 8.61. The largest absolute Gasteiger partial charge is 0.394 e. The van der Waals surface area contributed by atoms with Gasteiger partial charge in [0, 0.05) is 19.8 Å². The van der Waals surface area contributed by atoms with Crippen molar-refractivity contribution in [2.24, 2.45) is 0 Å². The zero-order valence-corrected chi connectivity index (χ0v) is 11.2. The van der Waals surface area contributed by atoms with Crippen LogP contribution in [0.5, 0.6) is 0 Å². The molecule has 0 unspecified atom stereocenters. The summed E-state index contributed by atoms with van der Waals surface area (Å²) in [6, 6.07) is 0. The number of aromatic nitrogens is 2. The summed E-state index contributed by atoms with van der Waals surface area (Å²) < 4.78 is 18.2. The monoisotopic (exact) mass is 258 g/mol. The fourth-order valence-electron chi connectivity index (χ4n) is 1.63. The molecule has 0 aliphatic carbocycles. The first kappa shape index (κ1) is 14.7. The van der Waals surface area contributed by atoms with Crippen LogP contribution in [0.4, 0.5) is 11.5 Å². The number of nitrogens with two attached hydrogens (primary N) is 2. The second kappa shape index (κ2) is 6.58. The molecule has 0 amide bonds. The van der Waals surface area contributed by atoms with E-state index in [4.69, 9.17) is 25.7 Å². The molecule has 0 saturated heterocycles. The molecule has 1 heterocycles. The second-order valence-electron chi connectivity index (χ2n) is 3.61. The summed E-state index contributed by atoms with van der Waals surface area (Å²) in [5.41, 5.74) is 12.0. The highest BCUT2D eigenvalue weighted by atomic mass is 16.7. The average Bonchev–Trinajstić information content (AvgIpc) is 2.68. The van der Waals surface area contributed by atoms with E-state index in [1.807, 2.05) is 20.8 Å². The predicted octanol–water partition coefficient (Wildman–Crippen LogP) is 0.767. The fraction of sp³-hybridized carbons (Fsp3) is 0.727. The summed E-state index contributed by atoms with van der Waals surface area (Å²) >= 11 is 0. The number of nitrogens with zero attached hydrogens (tertiary/aromatic N) is 2. The first-order valence-corrected chi connectivity index (χ1v) is 6.06. The Balaban J connectivity index is 3.10. The summed E-state index contributed by atoms with van der Waals surface area (Å²) in [5.74, 6) is -0.863. The van der Waals surface area contributed by atoms with E-state index >= 15 is 0 Å². The molecule has 0 bridgehead atoms. The third-order valence-corrected chi connectivity index (χ3v) is 2.39. The van der Waals surface area contributed by atoms with Crippen molar-refractivity contribution >= 4 is 11.5 Å². The van der Waals surface area contributed by atoms with Crippen molar-refractivity contribution in [3.63, 3.8) is 0 Å². The number of hydrogen-bond acceptors (Lipinski definition) is 6. The lowest BCUT2D eigenvalue weighted by Crippen LogP contribution is -2.45. The van der Waals surface area contributed by atoms with Gasteiger partial charge >= 0.3 is 0 Å². The van der Waals surface area contributed by atoms with Crippen LogP contribution in [0.1, 0.15) is 20.8 Å². The van der Waals surface area contributed by atoms with Gasteiger partial charge in [-0.05, 0) is 20.8 Å². The van der Waals surface area contributed by atoms with Gasteiger partial charge in [0.25, 0.3) is 5.91 Å². The van der Waals surface area contributed by atoms with Gasteiger partial charge in [-0.15, -0.1) is 0 Å². The zero-order valence-electron chi connectivity index (χ0n) is 11.2. The van der Waals surface area contributed by atoms with Gasteiger partial charge in [-0.2, -0.15) is 9.78 Å². The molecule has 1 aromatic heterocycles. The maximum Gasteiger partial charge on any atom is 0.297 e. The lowest BCUT2D eigenvalue weighted by molar-refractivity contribution is -0.316. The van der Waals surface area contributed by atoms with Crippen LogP contribution < -0.4 is 11.5 Å². The minimum Gasteiger partial charge on any atom is -0.394 e. The first-order valence-electron chi connectivity index (χ1n) is 6.06. The van der Waals surface area contributed by atoms with E-state index in [9.17, 15) is 0 Å². The van der Waals surface area contributed by atoms with Gasteiger partial charge < -0.3 is 25.7 Å². The van der Waals surface area contributed by atoms with Crippen molar-refractivity contribution in [3.8, 4) is 0 Å². The highest BCUT2D eigenvalue weighted by molar-refractivity contribution is 5.57. The van der Waals surface area contributed by atoms with Crippen LogP contribution in [0, 0.1) is 0 Å². The summed E-state index contributed by atoms with van der Waals surface area (Å²) in [4.78, 5) is 0. The molecular formula is C11H22N4O3. The summed E-state index contributed by atoms with van der Waals surface area (Å²) in [7, 11) is 0. The molecule has 0 fully saturated rings. The molecule has 7 nitrogen and oxygen atoms in total. The van der Waals surface area contributed by atoms with Crippen LogP contribution in [0.25, 0.3) is 0 Å². The Morgan fingerprint density at radius 3 is 2.17 bits per heavy atom. The Kier molecular flexibility index (Phi) is 5.39. The second-order valence-corrected chi connectivity index (χ2v) is 3.61. The molecule has 0 atom stereocenters. The Labute approximate surface area is 107 Å². The smallest absolute Gasteiger partial charge is 0.297 e. The summed E-state index contributed by atoms with van der Waals surface area (Å²) in [5, 5.41) is 4.11. The lowest BCUT2D eigenvalue weighted by atomic mass is 10.4. The van der Waals surface area contributed by atoms with Crippen LogP contribution in [-0.4, -0.2) is 36.2 Å². The Morgan fingerprint density at radius 1 is 1.17 bits per heavy atom. The Morgan fingerprint density at radius 2 is 1.78 bits per heavy atom. The minimum atomic E-state index is -1.17. The van der Waals surface area contributed by atoms with Gasteiger partial charge in [0.15, 0.2) is 5.82 Å². The van der Waals surface area contributed by atoms with Crippen molar-refractivity contribution in [3.05, 3.63) is 6.20 Å². The molecule has 0 radical (unpaired) electrons. The number of hydrogen-bond donors (Lipinski definition) is 2. The molecule has 104 valence electrons. The zero-order chi connectivity index (χ0) is 13.6. The molecule has 0 aliphatic heterocycles. The van der Waals surface area contributed by atoms with E-state index in [-0.39, 0.29) is 6.61 Å². The minimum absolute atomic E-state index is 0.191. The number of rotatable bonds is 8. The van der Waals surface area contributed by atoms with Gasteiger partial charge in [0.2, 0.25) is 0 Å². The van der Waals surface area contributed by atoms with Crippen molar-refractivity contribution in [2.75, 3.05) is 37.9 Å². The molecule has 1 rings (SSSR count). The highest BCUT2D eigenvalue weighted by Crippen LogP contribution is 2.26. The SMILES string of the molecule is CCOCC(OCC)(OCC)n1ncc(N)c1N. The van der Waals surface area contributed by atoms with Crippen LogP contribution in [0.2, 0.25) is 0 Å². The summed E-state index contributed by atoms with van der Waals surface area (Å²) in [6.45, 7) is 7.22. The summed E-state index contributed by atoms with van der Waals surface area (Å²) in [6.07, 6.45) is 1.47. The third-order valence-electron chi connectivity index (χ3n) is 2.39. The van der Waals surface area contributed by atoms with Crippen molar-refractivity contribution in [1.29, 1.82) is 0 Å². The van der Waals surface area contributed by atoms with Crippen molar-refractivity contribution in [2.45, 2.75) is 26.7 Å². The molecule has 0 aliphatic rings. The lowest BCUT2D eigenvalue weighted by Gasteiger charge is -2.33. The Hall–Kier alpha value is -1.31. The predicted molar refractivity (Wildman–Crippen MR) is 68.8 cm³/mol. The van der Waals surface area contributed by atoms with E-state index in [0.717, 1.165) is 0 Å². The van der Waals surface area contributed by atoms with Crippen LogP contribution >= 0.6 is 0 Å². The van der Waals surface area contributed by atoms with Crippen LogP contribution in [-0.2, 0) is 20.1 Å². The topological polar surface area (TPSA) is 97.5 Å². The van der Waals surface area contributed by atoms with E-state index in [2.05, 4.69) is 5.10 Å². The van der Waals surface area contributed by atoms with Gasteiger partial charge in [-0.25, -0.2) is 0 Å². The standard InChI is InChI=1S/C11H22N4O3/c1-4-16-8-11(17-5-2,18-6-3)15-10(13)9(12)7-14-15/h7H,4-6,8,12-13H2,1-3H3. The molecule has 0 aromatic carbocycles. The average molecular weight is 258 g/mol. The quantitative estimate of drug-likeness (QED) is 0.668. The van der Waals surface area contributed by atoms with Crippen molar-refractivity contribution in [1.82, 2.24) is 9.78 Å². The van der Waals surface area contributed by atoms with E-state index in [1.54, 1.807) is 0 Å². The van der Waals surface area contributed by atoms with Gasteiger partial charge in [0.05, 0.1) is 11.9 Å². The number of anilines is 2. The van der Waals surface area contributed by atoms with E-state index in [0.29, 0.717) is 31.3 Å². The van der Waals surface area contributed by atoms with E-state index in [1.165, 1.54) is 10.9 Å². The van der Waals surface area contributed by atoms with Gasteiger partial charge in [-0.3, -0.25) is 0 Å². The fourth-order valence-corrected chi connectivity index (χ4v) is 1.63. The molecule has 0 spiro atoms. The van der Waals surface area contributed by atoms with Gasteiger partial charge in [0.1, 0.15) is 6.61 Å². The molecule has 1 aromatic rings. The maximum atomic E-state index is 5.88. The highest BCUT2D eigenvalue weighted by Gasteiger charge is 2.37. The third kappa shape index (κ3) is 2.92. The van der Waals surface area contributed by atoms with Crippen LogP contribution in [0.15, 0.2) is 6.20 Å².